The van der Waals surface area contributed by atoms with Crippen molar-refractivity contribution in [1.29, 1.82) is 0 Å². The zero-order valence-electron chi connectivity index (χ0n) is 15.4. The molecule has 0 spiro atoms. The molecule has 1 N–H and O–H groups in total. The molecule has 1 aromatic heterocycles. The van der Waals surface area contributed by atoms with Crippen LogP contribution >= 0.6 is 0 Å². The Morgan fingerprint density at radius 3 is 2.62 bits per heavy atom. The molecule has 0 bridgehead atoms. The van der Waals surface area contributed by atoms with Crippen molar-refractivity contribution in [2.45, 2.75) is 12.5 Å². The minimum atomic E-state index is -1.82. The topological polar surface area (TPSA) is 81.9 Å². The maximum Gasteiger partial charge on any atom is 0.515 e. The molecule has 1 amide bonds. The van der Waals surface area contributed by atoms with E-state index in [1.165, 1.54) is 6.07 Å². The molecule has 1 unspecified atom stereocenters. The average molecular weight is 385 g/mol. The van der Waals surface area contributed by atoms with Crippen molar-refractivity contribution in [1.82, 2.24) is 4.98 Å². The number of fused-ring (bicyclic) bond motifs is 1. The van der Waals surface area contributed by atoms with Gasteiger partial charge in [0.25, 0.3) is 5.91 Å². The molecule has 1 atom stereocenters. The van der Waals surface area contributed by atoms with E-state index in [0.717, 1.165) is 0 Å². The van der Waals surface area contributed by atoms with Crippen LogP contribution in [0.2, 0.25) is 0 Å². The lowest BCUT2D eigenvalue weighted by Crippen LogP contribution is -2.42. The highest BCUT2D eigenvalue weighted by molar-refractivity contribution is 6.08. The lowest BCUT2D eigenvalue weighted by Gasteiger charge is -2.28. The second-order valence-electron chi connectivity index (χ2n) is 6.38. The Hall–Kier alpha value is -4.18. The first kappa shape index (κ1) is 18.2. The number of ether oxygens (including phenoxy) is 2. The molecule has 1 aliphatic rings. The molecule has 0 fully saturated rings. The van der Waals surface area contributed by atoms with Gasteiger partial charge in [0.2, 0.25) is 5.60 Å². The third-order valence-electron chi connectivity index (χ3n) is 4.65. The maximum atomic E-state index is 13.1. The fraction of sp³-hybridized carbons (Fsp3) is 0.0909. The van der Waals surface area contributed by atoms with Gasteiger partial charge in [-0.2, -0.15) is 0 Å². The number of hydrogen-bond donors (Lipinski definition) is 1. The molecule has 2 heterocycles. The summed E-state index contributed by atoms with van der Waals surface area (Å²) in [4.78, 5) is 33.5. The van der Waals surface area contributed by atoms with Crippen LogP contribution < -0.4 is 10.1 Å². The van der Waals surface area contributed by atoms with E-state index in [0.29, 0.717) is 28.2 Å². The molecule has 0 saturated heterocycles. The summed E-state index contributed by atoms with van der Waals surface area (Å²) in [5, 5.41) is 2.73. The van der Waals surface area contributed by atoms with Crippen LogP contribution in [0.3, 0.4) is 0 Å². The minimum absolute atomic E-state index is 0.282. The Morgan fingerprint density at radius 2 is 1.90 bits per heavy atom. The predicted molar refractivity (Wildman–Crippen MR) is 105 cm³/mol. The third-order valence-corrected chi connectivity index (χ3v) is 4.65. The number of carbonyl (C=O) groups is 2. The Bertz CT molecular complexity index is 1150. The van der Waals surface area contributed by atoms with Crippen molar-refractivity contribution in [2.75, 3.05) is 5.32 Å². The highest BCUT2D eigenvalue weighted by atomic mass is 16.7. The summed E-state index contributed by atoms with van der Waals surface area (Å²) in [6, 6.07) is 16.4. The highest BCUT2D eigenvalue weighted by Crippen LogP contribution is 2.46. The molecular weight excluding hydrogens is 370 g/mol. The number of carbonyl (C=O) groups excluding carboxylic acids is 2. The van der Waals surface area contributed by atoms with Crippen molar-refractivity contribution in [3.05, 3.63) is 95.1 Å². The summed E-state index contributed by atoms with van der Waals surface area (Å²) in [7, 11) is 0. The van der Waals surface area contributed by atoms with Crippen molar-refractivity contribution in [3.63, 3.8) is 0 Å². The standard InChI is InChI=1S/C22H15N3O4/c1-14-17(9-6-12-24-14)22(29-21(27)28-16-7-4-3-5-8-16)18-13-15(23-2)10-11-19(18)25-20(22)26/h3-13H,1H3,(H,25,26). The first-order chi connectivity index (χ1) is 14.0. The van der Waals surface area contributed by atoms with E-state index >= 15 is 0 Å². The van der Waals surface area contributed by atoms with Gasteiger partial charge in [-0.05, 0) is 37.3 Å². The van der Waals surface area contributed by atoms with Gasteiger partial charge in [-0.25, -0.2) is 9.64 Å². The van der Waals surface area contributed by atoms with Crippen LogP contribution in [0.4, 0.5) is 16.2 Å². The quantitative estimate of drug-likeness (QED) is 0.412. The average Bonchev–Trinajstić information content (AvgIpc) is 3.00. The number of nitrogens with one attached hydrogen (secondary N) is 1. The zero-order chi connectivity index (χ0) is 20.4. The van der Waals surface area contributed by atoms with Gasteiger partial charge in [-0.1, -0.05) is 30.3 Å². The number of pyridine rings is 1. The summed E-state index contributed by atoms with van der Waals surface area (Å²) < 4.78 is 11.0. The van der Waals surface area contributed by atoms with Crippen molar-refractivity contribution in [2.24, 2.45) is 0 Å². The molecule has 3 aromatic rings. The number of aryl methyl sites for hydroxylation is 1. The Morgan fingerprint density at radius 1 is 1.10 bits per heavy atom. The van der Waals surface area contributed by atoms with Crippen LogP contribution in [0, 0.1) is 13.5 Å². The Labute approximate surface area is 166 Å². The highest BCUT2D eigenvalue weighted by Gasteiger charge is 2.53. The second-order valence-corrected chi connectivity index (χ2v) is 6.38. The minimum Gasteiger partial charge on any atom is -0.407 e. The third kappa shape index (κ3) is 3.07. The van der Waals surface area contributed by atoms with Gasteiger partial charge in [0.1, 0.15) is 5.75 Å². The van der Waals surface area contributed by atoms with E-state index in [1.54, 1.807) is 67.7 Å². The second kappa shape index (κ2) is 7.09. The van der Waals surface area contributed by atoms with Crippen molar-refractivity contribution < 1.29 is 19.1 Å². The summed E-state index contributed by atoms with van der Waals surface area (Å²) in [6.45, 7) is 9.01. The van der Waals surface area contributed by atoms with Crippen molar-refractivity contribution in [3.8, 4) is 5.75 Å². The number of hydrogen-bond acceptors (Lipinski definition) is 5. The molecule has 2 aromatic carbocycles. The summed E-state index contributed by atoms with van der Waals surface area (Å²) in [6.07, 6.45) is 0.536. The van der Waals surface area contributed by atoms with Crippen LogP contribution in [0.1, 0.15) is 16.8 Å². The van der Waals surface area contributed by atoms with Gasteiger partial charge in [0.15, 0.2) is 5.69 Å². The zero-order valence-corrected chi connectivity index (χ0v) is 15.4. The smallest absolute Gasteiger partial charge is 0.407 e. The SMILES string of the molecule is [C-]#[N+]c1ccc2c(c1)C(OC(=O)Oc1ccccc1)(c1cccnc1C)C(=O)N2. The lowest BCUT2D eigenvalue weighted by molar-refractivity contribution is -0.131. The summed E-state index contributed by atoms with van der Waals surface area (Å²) in [5.74, 6) is -0.278. The molecule has 0 aliphatic carbocycles. The molecule has 7 heteroatoms. The number of benzene rings is 2. The number of anilines is 1. The fourth-order valence-corrected chi connectivity index (χ4v) is 3.35. The van der Waals surface area contributed by atoms with Gasteiger partial charge in [-0.15, -0.1) is 0 Å². The monoisotopic (exact) mass is 385 g/mol. The Kier molecular flexibility index (Phi) is 4.45. The van der Waals surface area contributed by atoms with E-state index < -0.39 is 17.7 Å². The molecule has 0 radical (unpaired) electrons. The van der Waals surface area contributed by atoms with Gasteiger partial charge in [0.05, 0.1) is 6.57 Å². The number of para-hydroxylation sites is 1. The summed E-state index contributed by atoms with van der Waals surface area (Å²) in [5.41, 5.74) is 0.210. The lowest BCUT2D eigenvalue weighted by atomic mass is 9.86. The molecule has 4 rings (SSSR count). The molecule has 0 saturated carbocycles. The normalized spacial score (nSPS) is 17.0. The van der Waals surface area contributed by atoms with Gasteiger partial charge >= 0.3 is 6.16 Å². The molecule has 29 heavy (non-hydrogen) atoms. The van der Waals surface area contributed by atoms with Crippen LogP contribution in [0.25, 0.3) is 4.85 Å². The van der Waals surface area contributed by atoms with E-state index in [2.05, 4.69) is 15.1 Å². The largest absolute Gasteiger partial charge is 0.515 e. The van der Waals surface area contributed by atoms with E-state index in [-0.39, 0.29) is 5.75 Å². The van der Waals surface area contributed by atoms with Crippen molar-refractivity contribution >= 4 is 23.4 Å². The van der Waals surface area contributed by atoms with Crippen LogP contribution in [0.15, 0.2) is 66.9 Å². The first-order valence-corrected chi connectivity index (χ1v) is 8.76. The fourth-order valence-electron chi connectivity index (χ4n) is 3.35. The summed E-state index contributed by atoms with van der Waals surface area (Å²) >= 11 is 0. The predicted octanol–water partition coefficient (Wildman–Crippen LogP) is 4.35. The number of nitrogens with zero attached hydrogens (tertiary/aromatic N) is 2. The van der Waals surface area contributed by atoms with E-state index in [1.807, 2.05) is 0 Å². The molecular formula is C22H15N3O4. The van der Waals surface area contributed by atoms with E-state index in [9.17, 15) is 9.59 Å². The van der Waals surface area contributed by atoms with Crippen LogP contribution in [-0.4, -0.2) is 17.0 Å². The number of rotatable bonds is 3. The molecule has 7 nitrogen and oxygen atoms in total. The Balaban J connectivity index is 1.85. The molecule has 142 valence electrons. The van der Waals surface area contributed by atoms with E-state index in [4.69, 9.17) is 16.0 Å². The van der Waals surface area contributed by atoms with Crippen LogP contribution in [-0.2, 0) is 15.1 Å². The van der Waals surface area contributed by atoms with Gasteiger partial charge in [0, 0.05) is 28.7 Å². The van der Waals surface area contributed by atoms with Gasteiger partial charge < -0.3 is 14.8 Å². The van der Waals surface area contributed by atoms with Gasteiger partial charge in [-0.3, -0.25) is 9.78 Å². The molecule has 1 aliphatic heterocycles. The maximum absolute atomic E-state index is 13.1. The van der Waals surface area contributed by atoms with Crippen LogP contribution in [0.5, 0.6) is 5.75 Å². The number of aromatic nitrogens is 1. The number of amides is 1. The first-order valence-electron chi connectivity index (χ1n) is 8.76.